The van der Waals surface area contributed by atoms with Gasteiger partial charge < -0.3 is 18.6 Å². The number of hydrogen-bond acceptors (Lipinski definition) is 5. The van der Waals surface area contributed by atoms with E-state index in [-0.39, 0.29) is 11.5 Å². The third-order valence-electron chi connectivity index (χ3n) is 6.98. The minimum Gasteiger partial charge on any atom is -0.493 e. The van der Waals surface area contributed by atoms with Crippen LogP contribution in [0.2, 0.25) is 0 Å². The maximum Gasteiger partial charge on any atom is 0.274 e. The van der Waals surface area contributed by atoms with Crippen LogP contribution in [-0.2, 0) is 13.1 Å². The highest BCUT2D eigenvalue weighted by Crippen LogP contribution is 2.30. The number of amides is 1. The molecular formula is C27H31N4O4+. The van der Waals surface area contributed by atoms with Gasteiger partial charge in [0.2, 0.25) is 0 Å². The Hall–Kier alpha value is -3.65. The Kier molecular flexibility index (Phi) is 6.55. The molecule has 8 heteroatoms. The molecule has 4 heterocycles. The van der Waals surface area contributed by atoms with Gasteiger partial charge in [-0.15, -0.1) is 0 Å². The number of hydrazone groups is 1. The van der Waals surface area contributed by atoms with E-state index in [9.17, 15) is 9.59 Å². The lowest BCUT2D eigenvalue weighted by Crippen LogP contribution is -3.13. The second-order valence-electron chi connectivity index (χ2n) is 9.42. The van der Waals surface area contributed by atoms with Crippen molar-refractivity contribution in [1.82, 2.24) is 9.99 Å². The fourth-order valence-corrected chi connectivity index (χ4v) is 5.49. The van der Waals surface area contributed by atoms with E-state index in [1.54, 1.807) is 25.3 Å². The van der Waals surface area contributed by atoms with Crippen LogP contribution in [0.15, 0.2) is 63.0 Å². The predicted octanol–water partition coefficient (Wildman–Crippen LogP) is 2.11. The lowest BCUT2D eigenvalue weighted by Gasteiger charge is -2.40. The maximum atomic E-state index is 12.3. The molecule has 2 aliphatic heterocycles. The molecular weight excluding hydrogens is 444 g/mol. The van der Waals surface area contributed by atoms with Crippen molar-refractivity contribution in [3.8, 4) is 5.75 Å². The summed E-state index contributed by atoms with van der Waals surface area (Å²) < 4.78 is 13.1. The minimum absolute atomic E-state index is 0.112. The molecule has 2 aliphatic rings. The molecule has 0 radical (unpaired) electrons. The summed E-state index contributed by atoms with van der Waals surface area (Å²) in [6.07, 6.45) is 4.28. The van der Waals surface area contributed by atoms with Crippen molar-refractivity contribution in [3.63, 3.8) is 0 Å². The van der Waals surface area contributed by atoms with E-state index in [0.29, 0.717) is 29.8 Å². The molecule has 2 aromatic heterocycles. The predicted molar refractivity (Wildman–Crippen MR) is 132 cm³/mol. The summed E-state index contributed by atoms with van der Waals surface area (Å²) in [5.41, 5.74) is 6.32. The lowest BCUT2D eigenvalue weighted by molar-refractivity contribution is -0.924. The Morgan fingerprint density at radius 3 is 2.97 bits per heavy atom. The Labute approximate surface area is 204 Å². The number of fused-ring (bicyclic) bond motifs is 4. The van der Waals surface area contributed by atoms with Gasteiger partial charge in [0.1, 0.15) is 18.1 Å². The summed E-state index contributed by atoms with van der Waals surface area (Å²) >= 11 is 0. The zero-order valence-corrected chi connectivity index (χ0v) is 20.1. The van der Waals surface area contributed by atoms with Gasteiger partial charge in [0.15, 0.2) is 0 Å². The summed E-state index contributed by atoms with van der Waals surface area (Å²) in [4.78, 5) is 26.1. The molecule has 0 spiro atoms. The van der Waals surface area contributed by atoms with Crippen molar-refractivity contribution in [1.29, 1.82) is 0 Å². The largest absolute Gasteiger partial charge is 0.493 e. The molecule has 1 amide bonds. The molecule has 3 unspecified atom stereocenters. The SMILES string of the molecule is CCOc1ccc(C=NNC(=O)c2ccoc2C)cc1C[NH+]1CC2CC(C1)c1cccc(=O)n1C2. The summed E-state index contributed by atoms with van der Waals surface area (Å²) in [5, 5.41) is 4.14. The van der Waals surface area contributed by atoms with Crippen LogP contribution in [0, 0.1) is 12.8 Å². The first kappa shape index (κ1) is 23.1. The molecule has 8 nitrogen and oxygen atoms in total. The standard InChI is InChI=1S/C27H30N4O4/c1-3-34-25-8-7-19(13-28-29-27(33)23-9-10-35-18(23)2)11-22(25)17-30-14-20-12-21(16-30)24-5-4-6-26(32)31(24)15-20/h4-11,13,20-21H,3,12,14-17H2,1-2H3,(H,29,33)/p+1. The van der Waals surface area contributed by atoms with E-state index in [2.05, 4.69) is 22.7 Å². The number of hydrogen-bond donors (Lipinski definition) is 2. The number of piperidine rings is 1. The number of nitrogens with zero attached hydrogens (tertiary/aromatic N) is 2. The Morgan fingerprint density at radius 2 is 2.17 bits per heavy atom. The Morgan fingerprint density at radius 1 is 1.29 bits per heavy atom. The smallest absolute Gasteiger partial charge is 0.274 e. The van der Waals surface area contributed by atoms with Gasteiger partial charge in [-0.1, -0.05) is 6.07 Å². The number of ether oxygens (including phenoxy) is 1. The van der Waals surface area contributed by atoms with Crippen molar-refractivity contribution < 1.29 is 18.8 Å². The summed E-state index contributed by atoms with van der Waals surface area (Å²) in [6.45, 7) is 7.98. The lowest BCUT2D eigenvalue weighted by atomic mass is 9.83. The number of benzene rings is 1. The summed E-state index contributed by atoms with van der Waals surface area (Å²) in [6, 6.07) is 13.3. The highest BCUT2D eigenvalue weighted by molar-refractivity contribution is 5.95. The number of carbonyl (C=O) groups is 1. The number of pyridine rings is 1. The molecule has 1 aromatic carbocycles. The molecule has 5 rings (SSSR count). The molecule has 2 bridgehead atoms. The van der Waals surface area contributed by atoms with Gasteiger partial charge in [0, 0.05) is 35.7 Å². The molecule has 2 N–H and O–H groups in total. The summed E-state index contributed by atoms with van der Waals surface area (Å²) in [7, 11) is 0. The van der Waals surface area contributed by atoms with E-state index in [4.69, 9.17) is 9.15 Å². The van der Waals surface area contributed by atoms with Gasteiger partial charge in [-0.25, -0.2) is 5.43 Å². The average molecular weight is 476 g/mol. The monoisotopic (exact) mass is 475 g/mol. The van der Waals surface area contributed by atoms with Crippen LogP contribution in [0.3, 0.4) is 0 Å². The second-order valence-corrected chi connectivity index (χ2v) is 9.42. The van der Waals surface area contributed by atoms with E-state index in [1.165, 1.54) is 16.9 Å². The molecule has 1 fully saturated rings. The number of likely N-dealkylation sites (tertiary alicyclic amines) is 1. The van der Waals surface area contributed by atoms with Gasteiger partial charge in [-0.05, 0) is 56.2 Å². The van der Waals surface area contributed by atoms with E-state index < -0.39 is 0 Å². The molecule has 35 heavy (non-hydrogen) atoms. The molecule has 0 aliphatic carbocycles. The Balaban J connectivity index is 1.31. The third-order valence-corrected chi connectivity index (χ3v) is 6.98. The van der Waals surface area contributed by atoms with E-state index >= 15 is 0 Å². The quantitative estimate of drug-likeness (QED) is 0.405. The number of quaternary nitrogens is 1. The average Bonchev–Trinajstić information content (AvgIpc) is 3.27. The van der Waals surface area contributed by atoms with Gasteiger partial charge in [0.05, 0.1) is 37.7 Å². The van der Waals surface area contributed by atoms with Crippen LogP contribution in [0.4, 0.5) is 0 Å². The van der Waals surface area contributed by atoms with Gasteiger partial charge in [-0.3, -0.25) is 9.59 Å². The zero-order chi connectivity index (χ0) is 24.4. The fourth-order valence-electron chi connectivity index (χ4n) is 5.49. The first-order chi connectivity index (χ1) is 17.0. The van der Waals surface area contributed by atoms with Crippen LogP contribution in [0.5, 0.6) is 5.75 Å². The molecule has 0 saturated carbocycles. The van der Waals surface area contributed by atoms with Crippen molar-refractivity contribution in [2.75, 3.05) is 19.7 Å². The van der Waals surface area contributed by atoms with Crippen LogP contribution >= 0.6 is 0 Å². The second kappa shape index (κ2) is 9.92. The zero-order valence-electron chi connectivity index (χ0n) is 20.1. The number of furan rings is 1. The number of aryl methyl sites for hydroxylation is 1. The number of nitrogens with one attached hydrogen (secondary N) is 2. The van der Waals surface area contributed by atoms with Crippen LogP contribution in [0.1, 0.15) is 52.2 Å². The van der Waals surface area contributed by atoms with Gasteiger partial charge >= 0.3 is 0 Å². The van der Waals surface area contributed by atoms with E-state index in [1.807, 2.05) is 29.7 Å². The van der Waals surface area contributed by atoms with Gasteiger partial charge in [-0.2, -0.15) is 5.10 Å². The molecule has 3 atom stereocenters. The molecule has 3 aromatic rings. The summed E-state index contributed by atoms with van der Waals surface area (Å²) in [5.74, 6) is 2.03. The van der Waals surface area contributed by atoms with Crippen LogP contribution < -0.4 is 20.6 Å². The van der Waals surface area contributed by atoms with Crippen LogP contribution in [0.25, 0.3) is 0 Å². The normalized spacial score (nSPS) is 21.0. The van der Waals surface area contributed by atoms with Crippen molar-refractivity contribution in [2.45, 2.75) is 39.3 Å². The van der Waals surface area contributed by atoms with Crippen molar-refractivity contribution in [3.05, 3.63) is 87.2 Å². The van der Waals surface area contributed by atoms with Gasteiger partial charge in [0.25, 0.3) is 11.5 Å². The van der Waals surface area contributed by atoms with Crippen LogP contribution in [-0.4, -0.2) is 36.4 Å². The first-order valence-electron chi connectivity index (χ1n) is 12.2. The Bertz CT molecular complexity index is 1310. The molecule has 1 saturated heterocycles. The van der Waals surface area contributed by atoms with Crippen molar-refractivity contribution in [2.24, 2.45) is 11.0 Å². The number of rotatable bonds is 7. The number of carbonyl (C=O) groups excluding carboxylic acids is 1. The van der Waals surface area contributed by atoms with Crippen molar-refractivity contribution >= 4 is 12.1 Å². The highest BCUT2D eigenvalue weighted by atomic mass is 16.5. The topological polar surface area (TPSA) is 90.3 Å². The minimum atomic E-state index is -0.303. The maximum absolute atomic E-state index is 12.3. The first-order valence-corrected chi connectivity index (χ1v) is 12.2. The highest BCUT2D eigenvalue weighted by Gasteiger charge is 2.37. The third kappa shape index (κ3) is 4.93. The fraction of sp³-hybridized carbons (Fsp3) is 0.370. The molecule has 182 valence electrons. The number of aromatic nitrogens is 1. The van der Waals surface area contributed by atoms with E-state index in [0.717, 1.165) is 49.5 Å².